The first-order chi connectivity index (χ1) is 19.6. The highest BCUT2D eigenvalue weighted by Crippen LogP contribution is 2.34. The maximum absolute atomic E-state index is 15.7. The Morgan fingerprint density at radius 3 is 1.93 bits per heavy atom. The van der Waals surface area contributed by atoms with Crippen LogP contribution in [0.4, 0.5) is 8.78 Å². The second-order valence-electron chi connectivity index (χ2n) is 8.93. The van der Waals surface area contributed by atoms with Gasteiger partial charge in [-0.05, 0) is 23.6 Å². The summed E-state index contributed by atoms with van der Waals surface area (Å²) < 4.78 is 41.5. The smallest absolute Gasteiger partial charge is 0.343 e. The molecule has 3 aromatic rings. The average molecular weight is 568 g/mol. The molecule has 41 heavy (non-hydrogen) atoms. The van der Waals surface area contributed by atoms with Crippen LogP contribution in [0, 0.1) is 0 Å². The molecule has 0 aromatic heterocycles. The van der Waals surface area contributed by atoms with E-state index < -0.39 is 54.8 Å². The maximum atomic E-state index is 15.7. The molecule has 0 spiro atoms. The van der Waals surface area contributed by atoms with Crippen molar-refractivity contribution in [1.29, 1.82) is 0 Å². The summed E-state index contributed by atoms with van der Waals surface area (Å²) in [4.78, 5) is 52.2. The third-order valence-electron chi connectivity index (χ3n) is 6.02. The second kappa shape index (κ2) is 14.7. The van der Waals surface area contributed by atoms with Crippen molar-refractivity contribution in [3.05, 3.63) is 108 Å². The number of rotatable bonds is 13. The summed E-state index contributed by atoms with van der Waals surface area (Å²) in [6.07, 6.45) is 0. The minimum atomic E-state index is -4.24. The minimum Gasteiger partial charge on any atom is -0.465 e. The number of ether oxygens (including phenoxy) is 2. The maximum Gasteiger partial charge on any atom is 0.343 e. The van der Waals surface area contributed by atoms with Crippen molar-refractivity contribution in [2.75, 3.05) is 19.7 Å². The van der Waals surface area contributed by atoms with Gasteiger partial charge in [0.05, 0.1) is 6.61 Å². The Morgan fingerprint density at radius 1 is 0.829 bits per heavy atom. The van der Waals surface area contributed by atoms with Crippen LogP contribution in [0.5, 0.6) is 0 Å². The lowest BCUT2D eigenvalue weighted by molar-refractivity contribution is -0.170. The zero-order valence-electron chi connectivity index (χ0n) is 22.4. The molecule has 2 atom stereocenters. The molecule has 0 heterocycles. The van der Waals surface area contributed by atoms with Crippen molar-refractivity contribution in [2.24, 2.45) is 5.73 Å². The number of amides is 2. The Balaban J connectivity index is 1.98. The normalized spacial score (nSPS) is 12.5. The highest BCUT2D eigenvalue weighted by Gasteiger charge is 2.51. The van der Waals surface area contributed by atoms with Gasteiger partial charge in [-0.15, -0.1) is 0 Å². The molecule has 0 saturated heterocycles. The molecule has 0 aliphatic rings. The van der Waals surface area contributed by atoms with Gasteiger partial charge in [0.25, 0.3) is 5.91 Å². The Kier molecular flexibility index (Phi) is 11.0. The largest absolute Gasteiger partial charge is 0.465 e. The lowest BCUT2D eigenvalue weighted by Gasteiger charge is -2.34. The van der Waals surface area contributed by atoms with Crippen LogP contribution in [0.15, 0.2) is 91.0 Å². The minimum absolute atomic E-state index is 0.0273. The Labute approximate surface area is 236 Å². The van der Waals surface area contributed by atoms with Crippen LogP contribution >= 0.6 is 0 Å². The van der Waals surface area contributed by atoms with E-state index in [0.29, 0.717) is 10.5 Å². The molecule has 0 unspecified atom stereocenters. The van der Waals surface area contributed by atoms with Crippen molar-refractivity contribution in [1.82, 2.24) is 10.2 Å². The molecule has 3 rings (SSSR count). The zero-order valence-corrected chi connectivity index (χ0v) is 22.4. The summed E-state index contributed by atoms with van der Waals surface area (Å²) in [6, 6.07) is 19.6. The van der Waals surface area contributed by atoms with E-state index in [1.807, 2.05) is 0 Å². The summed E-state index contributed by atoms with van der Waals surface area (Å²) in [5, 5.41) is 2.31. The van der Waals surface area contributed by atoms with Crippen LogP contribution in [0.2, 0.25) is 0 Å². The van der Waals surface area contributed by atoms with Crippen LogP contribution < -0.4 is 11.1 Å². The van der Waals surface area contributed by atoms with Gasteiger partial charge >= 0.3 is 17.9 Å². The van der Waals surface area contributed by atoms with E-state index in [-0.39, 0.29) is 24.3 Å². The highest BCUT2D eigenvalue weighted by atomic mass is 19.3. The monoisotopic (exact) mass is 567 g/mol. The Morgan fingerprint density at radius 2 is 1.37 bits per heavy atom. The van der Waals surface area contributed by atoms with E-state index in [2.05, 4.69) is 5.32 Å². The van der Waals surface area contributed by atoms with Crippen molar-refractivity contribution in [2.45, 2.75) is 31.5 Å². The van der Waals surface area contributed by atoms with Gasteiger partial charge in [-0.25, -0.2) is 0 Å². The van der Waals surface area contributed by atoms with Crippen LogP contribution in [0.1, 0.15) is 35.7 Å². The third-order valence-corrected chi connectivity index (χ3v) is 6.02. The fourth-order valence-corrected chi connectivity index (χ4v) is 3.97. The lowest BCUT2D eigenvalue weighted by atomic mass is 9.98. The van der Waals surface area contributed by atoms with E-state index in [4.69, 9.17) is 15.2 Å². The number of hydrogen-bond donors (Lipinski definition) is 2. The van der Waals surface area contributed by atoms with Gasteiger partial charge in [-0.1, -0.05) is 91.0 Å². The number of nitrogens with two attached hydrogens (primary N) is 1. The average Bonchev–Trinajstić information content (AvgIpc) is 2.99. The van der Waals surface area contributed by atoms with Crippen LogP contribution in [-0.4, -0.2) is 54.3 Å². The molecule has 3 aromatic carbocycles. The number of hydrogen-bond acceptors (Lipinski definition) is 7. The molecule has 11 heteroatoms. The number of carbonyl (C=O) groups excluding carboxylic acids is 4. The van der Waals surface area contributed by atoms with Crippen LogP contribution in [0.3, 0.4) is 0 Å². The number of nitrogens with one attached hydrogen (secondary N) is 1. The summed E-state index contributed by atoms with van der Waals surface area (Å²) in [7, 11) is 0. The van der Waals surface area contributed by atoms with E-state index in [9.17, 15) is 19.2 Å². The number of nitrogens with zero attached hydrogens (tertiary/aromatic N) is 1. The standard InChI is InChI=1S/C30H31F2N3O6/c1-2-40-24(36)18-34-28(38)26(22-14-8-4-9-15-22)35(19-25(37)41-20-21-12-6-3-7-13-21)29(39)30(31,32)27(33)23-16-10-5-11-17-23/h3-17,26-27H,2,18-20,33H2,1H3,(H,34,38)/t26-,27-/m0/s1. The molecule has 216 valence electrons. The predicted molar refractivity (Wildman–Crippen MR) is 145 cm³/mol. The van der Waals surface area contributed by atoms with Crippen molar-refractivity contribution >= 4 is 23.8 Å². The van der Waals surface area contributed by atoms with Crippen molar-refractivity contribution in [3.63, 3.8) is 0 Å². The van der Waals surface area contributed by atoms with Gasteiger partial charge in [-0.3, -0.25) is 19.2 Å². The fourth-order valence-electron chi connectivity index (χ4n) is 3.97. The number of benzene rings is 3. The van der Waals surface area contributed by atoms with Gasteiger partial charge in [0.2, 0.25) is 5.91 Å². The quantitative estimate of drug-likeness (QED) is 0.303. The molecule has 0 aliphatic heterocycles. The number of esters is 2. The summed E-state index contributed by atoms with van der Waals surface area (Å²) in [5.74, 6) is -8.91. The first-order valence-electron chi connectivity index (χ1n) is 12.8. The van der Waals surface area contributed by atoms with E-state index >= 15 is 8.78 Å². The second-order valence-corrected chi connectivity index (χ2v) is 8.93. The molecule has 0 fully saturated rings. The molecular formula is C30H31F2N3O6. The number of halogens is 2. The van der Waals surface area contributed by atoms with E-state index in [1.54, 1.807) is 49.4 Å². The Bertz CT molecular complexity index is 1310. The predicted octanol–water partition coefficient (Wildman–Crippen LogP) is 3.31. The lowest BCUT2D eigenvalue weighted by Crippen LogP contribution is -2.55. The third kappa shape index (κ3) is 8.42. The number of alkyl halides is 2. The first kappa shape index (κ1) is 30.9. The number of carbonyl (C=O) groups is 4. The SMILES string of the molecule is CCOC(=O)CNC(=O)[C@H](c1ccccc1)N(CC(=O)OCc1ccccc1)C(=O)C(F)(F)[C@@H](N)c1ccccc1. The zero-order chi connectivity index (χ0) is 29.8. The molecule has 3 N–H and O–H groups in total. The van der Waals surface area contributed by atoms with Crippen molar-refractivity contribution in [3.8, 4) is 0 Å². The molecule has 0 bridgehead atoms. The van der Waals surface area contributed by atoms with Gasteiger partial charge in [-0.2, -0.15) is 8.78 Å². The molecule has 2 amide bonds. The van der Waals surface area contributed by atoms with Gasteiger partial charge in [0, 0.05) is 0 Å². The first-order valence-corrected chi connectivity index (χ1v) is 12.8. The summed E-state index contributed by atoms with van der Waals surface area (Å²) >= 11 is 0. The molecule has 0 aliphatic carbocycles. The summed E-state index contributed by atoms with van der Waals surface area (Å²) in [6.45, 7) is -0.150. The Hall–Kier alpha value is -4.64. The van der Waals surface area contributed by atoms with Crippen LogP contribution in [-0.2, 0) is 35.3 Å². The topological polar surface area (TPSA) is 128 Å². The van der Waals surface area contributed by atoms with Crippen LogP contribution in [0.25, 0.3) is 0 Å². The summed E-state index contributed by atoms with van der Waals surface area (Å²) in [5.41, 5.74) is 6.56. The van der Waals surface area contributed by atoms with Gasteiger partial charge in [0.15, 0.2) is 0 Å². The van der Waals surface area contributed by atoms with E-state index in [1.165, 1.54) is 48.5 Å². The molecular weight excluding hydrogens is 536 g/mol. The van der Waals surface area contributed by atoms with Gasteiger partial charge in [0.1, 0.15) is 31.8 Å². The van der Waals surface area contributed by atoms with Crippen molar-refractivity contribution < 1.29 is 37.4 Å². The molecule has 0 saturated carbocycles. The fraction of sp³-hybridized carbons (Fsp3) is 0.267. The van der Waals surface area contributed by atoms with E-state index in [0.717, 1.165) is 0 Å². The molecule has 9 nitrogen and oxygen atoms in total. The highest BCUT2D eigenvalue weighted by molar-refractivity contribution is 5.95. The molecule has 0 radical (unpaired) electrons. The van der Waals surface area contributed by atoms with Gasteiger partial charge < -0.3 is 25.4 Å².